The van der Waals surface area contributed by atoms with Gasteiger partial charge in [0, 0.05) is 12.1 Å². The Bertz CT molecular complexity index is 223. The summed E-state index contributed by atoms with van der Waals surface area (Å²) >= 11 is 0. The predicted molar refractivity (Wildman–Crippen MR) is 51.4 cm³/mol. The zero-order chi connectivity index (χ0) is 9.47. The van der Waals surface area contributed by atoms with Gasteiger partial charge >= 0.3 is 0 Å². The lowest BCUT2D eigenvalue weighted by atomic mass is 10.2. The van der Waals surface area contributed by atoms with Gasteiger partial charge in [0.25, 0.3) is 0 Å². The van der Waals surface area contributed by atoms with Crippen molar-refractivity contribution in [2.75, 3.05) is 13.1 Å². The van der Waals surface area contributed by atoms with Gasteiger partial charge in [-0.2, -0.15) is 0 Å². The van der Waals surface area contributed by atoms with Crippen molar-refractivity contribution >= 4 is 5.91 Å². The van der Waals surface area contributed by atoms with Gasteiger partial charge in [-0.05, 0) is 32.7 Å². The molecule has 1 saturated carbocycles. The minimum atomic E-state index is 0.0995. The van der Waals surface area contributed by atoms with Crippen LogP contribution in [-0.4, -0.2) is 35.5 Å². The molecule has 1 aliphatic carbocycles. The normalized spacial score (nSPS) is 31.1. The number of hydrogen-bond acceptors (Lipinski definition) is 2. The fourth-order valence-corrected chi connectivity index (χ4v) is 2.10. The number of nitrogens with zero attached hydrogens (tertiary/aromatic N) is 1. The number of amides is 1. The fourth-order valence-electron chi connectivity index (χ4n) is 2.10. The molecular weight excluding hydrogens is 164 g/mol. The molecule has 3 nitrogen and oxygen atoms in total. The molecule has 2 fully saturated rings. The summed E-state index contributed by atoms with van der Waals surface area (Å²) < 4.78 is 0. The second kappa shape index (κ2) is 2.98. The lowest BCUT2D eigenvalue weighted by Gasteiger charge is -2.24. The summed E-state index contributed by atoms with van der Waals surface area (Å²) in [5.74, 6) is 0.321. The van der Waals surface area contributed by atoms with Gasteiger partial charge in [-0.25, -0.2) is 0 Å². The predicted octanol–water partition coefficient (Wildman–Crippen LogP) is 0.749. The van der Waals surface area contributed by atoms with E-state index in [1.54, 1.807) is 0 Å². The molecule has 74 valence electrons. The van der Waals surface area contributed by atoms with Crippen LogP contribution in [0.3, 0.4) is 0 Å². The van der Waals surface area contributed by atoms with E-state index in [1.807, 2.05) is 0 Å². The summed E-state index contributed by atoms with van der Waals surface area (Å²) in [7, 11) is 0. The molecule has 1 heterocycles. The van der Waals surface area contributed by atoms with Gasteiger partial charge in [-0.1, -0.05) is 6.92 Å². The standard InChI is InChI=1S/C10H18N2O/c1-3-11-8-4-7-12(9(8)13)10(2)5-6-10/h8,11H,3-7H2,1-2H3. The zero-order valence-electron chi connectivity index (χ0n) is 8.47. The van der Waals surface area contributed by atoms with Crippen molar-refractivity contribution in [2.45, 2.75) is 44.7 Å². The van der Waals surface area contributed by atoms with E-state index in [1.165, 1.54) is 12.8 Å². The summed E-state index contributed by atoms with van der Waals surface area (Å²) in [4.78, 5) is 13.9. The molecule has 1 amide bonds. The van der Waals surface area contributed by atoms with Gasteiger partial charge in [0.2, 0.25) is 5.91 Å². The smallest absolute Gasteiger partial charge is 0.240 e. The van der Waals surface area contributed by atoms with Crippen LogP contribution in [0.5, 0.6) is 0 Å². The lowest BCUT2D eigenvalue weighted by Crippen LogP contribution is -2.42. The molecule has 0 spiro atoms. The maximum Gasteiger partial charge on any atom is 0.240 e. The van der Waals surface area contributed by atoms with Crippen molar-refractivity contribution in [1.29, 1.82) is 0 Å². The summed E-state index contributed by atoms with van der Waals surface area (Å²) in [6.07, 6.45) is 3.37. The Morgan fingerprint density at radius 2 is 2.31 bits per heavy atom. The molecule has 1 unspecified atom stereocenters. The van der Waals surface area contributed by atoms with Crippen molar-refractivity contribution < 1.29 is 4.79 Å². The molecule has 1 aliphatic heterocycles. The number of rotatable bonds is 3. The van der Waals surface area contributed by atoms with Crippen LogP contribution in [0.4, 0.5) is 0 Å². The van der Waals surface area contributed by atoms with Gasteiger partial charge in [0.05, 0.1) is 6.04 Å². The second-order valence-corrected chi connectivity index (χ2v) is 4.39. The molecule has 1 N–H and O–H groups in total. The van der Waals surface area contributed by atoms with E-state index in [-0.39, 0.29) is 11.6 Å². The first kappa shape index (κ1) is 9.00. The average molecular weight is 182 g/mol. The second-order valence-electron chi connectivity index (χ2n) is 4.39. The van der Waals surface area contributed by atoms with Crippen molar-refractivity contribution in [3.63, 3.8) is 0 Å². The van der Waals surface area contributed by atoms with Crippen LogP contribution in [-0.2, 0) is 4.79 Å². The highest BCUT2D eigenvalue weighted by molar-refractivity contribution is 5.85. The minimum absolute atomic E-state index is 0.0995. The maximum atomic E-state index is 11.8. The highest BCUT2D eigenvalue weighted by Gasteiger charge is 2.49. The Labute approximate surface area is 79.5 Å². The fraction of sp³-hybridized carbons (Fsp3) is 0.900. The van der Waals surface area contributed by atoms with Crippen LogP contribution >= 0.6 is 0 Å². The maximum absolute atomic E-state index is 11.8. The third-order valence-electron chi connectivity index (χ3n) is 3.28. The van der Waals surface area contributed by atoms with Crippen molar-refractivity contribution in [2.24, 2.45) is 0 Å². The van der Waals surface area contributed by atoms with E-state index in [0.717, 1.165) is 19.5 Å². The largest absolute Gasteiger partial charge is 0.336 e. The van der Waals surface area contributed by atoms with Gasteiger partial charge < -0.3 is 10.2 Å². The van der Waals surface area contributed by atoms with E-state index in [0.29, 0.717) is 5.91 Å². The highest BCUT2D eigenvalue weighted by atomic mass is 16.2. The molecule has 1 saturated heterocycles. The number of nitrogens with one attached hydrogen (secondary N) is 1. The van der Waals surface area contributed by atoms with Crippen LogP contribution in [0.15, 0.2) is 0 Å². The number of likely N-dealkylation sites (tertiary alicyclic amines) is 1. The van der Waals surface area contributed by atoms with Crippen LogP contribution in [0.2, 0.25) is 0 Å². The third kappa shape index (κ3) is 1.46. The molecule has 13 heavy (non-hydrogen) atoms. The molecule has 0 bridgehead atoms. The van der Waals surface area contributed by atoms with E-state index in [4.69, 9.17) is 0 Å². The molecule has 0 aromatic heterocycles. The van der Waals surface area contributed by atoms with Gasteiger partial charge in [-0.15, -0.1) is 0 Å². The van der Waals surface area contributed by atoms with Crippen molar-refractivity contribution in [3.8, 4) is 0 Å². The van der Waals surface area contributed by atoms with E-state index >= 15 is 0 Å². The summed E-state index contributed by atoms with van der Waals surface area (Å²) in [5, 5.41) is 3.23. The molecule has 0 radical (unpaired) electrons. The number of hydrogen-bond donors (Lipinski definition) is 1. The molecule has 0 aromatic carbocycles. The highest BCUT2D eigenvalue weighted by Crippen LogP contribution is 2.43. The summed E-state index contributed by atoms with van der Waals surface area (Å²) in [5.41, 5.74) is 0.223. The van der Waals surface area contributed by atoms with Gasteiger partial charge in [0.15, 0.2) is 0 Å². The number of likely N-dealkylation sites (N-methyl/N-ethyl adjacent to an activating group) is 1. The quantitative estimate of drug-likeness (QED) is 0.698. The Balaban J connectivity index is 1.98. The van der Waals surface area contributed by atoms with Crippen LogP contribution in [0.1, 0.15) is 33.1 Å². The lowest BCUT2D eigenvalue weighted by molar-refractivity contribution is -0.131. The number of carbonyl (C=O) groups excluding carboxylic acids is 1. The van der Waals surface area contributed by atoms with E-state index in [9.17, 15) is 4.79 Å². The SMILES string of the molecule is CCNC1CCN(C2(C)CC2)C1=O. The molecule has 3 heteroatoms. The van der Waals surface area contributed by atoms with Crippen LogP contribution in [0.25, 0.3) is 0 Å². The Morgan fingerprint density at radius 1 is 1.62 bits per heavy atom. The first-order valence-corrected chi connectivity index (χ1v) is 5.22. The molecule has 1 atom stereocenters. The zero-order valence-corrected chi connectivity index (χ0v) is 8.47. The number of carbonyl (C=O) groups is 1. The van der Waals surface area contributed by atoms with Crippen molar-refractivity contribution in [3.05, 3.63) is 0 Å². The van der Waals surface area contributed by atoms with Gasteiger partial charge in [-0.3, -0.25) is 4.79 Å². The van der Waals surface area contributed by atoms with Crippen LogP contribution < -0.4 is 5.32 Å². The Hall–Kier alpha value is -0.570. The average Bonchev–Trinajstić information content (AvgIpc) is 2.72. The monoisotopic (exact) mass is 182 g/mol. The molecule has 2 rings (SSSR count). The summed E-state index contributed by atoms with van der Waals surface area (Å²) in [6.45, 7) is 6.09. The van der Waals surface area contributed by atoms with Crippen molar-refractivity contribution in [1.82, 2.24) is 10.2 Å². The Morgan fingerprint density at radius 3 is 2.85 bits per heavy atom. The molecule has 2 aliphatic rings. The van der Waals surface area contributed by atoms with E-state index in [2.05, 4.69) is 24.1 Å². The first-order chi connectivity index (χ1) is 6.17. The first-order valence-electron chi connectivity index (χ1n) is 5.22. The van der Waals surface area contributed by atoms with Gasteiger partial charge in [0.1, 0.15) is 0 Å². The summed E-state index contributed by atoms with van der Waals surface area (Å²) in [6, 6.07) is 0.0995. The minimum Gasteiger partial charge on any atom is -0.336 e. The Kier molecular flexibility index (Phi) is 2.06. The topological polar surface area (TPSA) is 32.3 Å². The van der Waals surface area contributed by atoms with Crippen LogP contribution in [0, 0.1) is 0 Å². The van der Waals surface area contributed by atoms with E-state index < -0.39 is 0 Å². The molecule has 0 aromatic rings. The third-order valence-corrected chi connectivity index (χ3v) is 3.28. The molecular formula is C10H18N2O.